The molecule has 4 aromatic rings. The van der Waals surface area contributed by atoms with E-state index in [-0.39, 0.29) is 40.3 Å². The number of benzene rings is 3. The van der Waals surface area contributed by atoms with Crippen molar-refractivity contribution in [2.45, 2.75) is 19.0 Å². The highest BCUT2D eigenvalue weighted by molar-refractivity contribution is 7.22. The van der Waals surface area contributed by atoms with E-state index in [1.165, 1.54) is 18.2 Å². The third-order valence-corrected chi connectivity index (χ3v) is 6.76. The van der Waals surface area contributed by atoms with Crippen molar-refractivity contribution in [3.63, 3.8) is 0 Å². The Bertz CT molecular complexity index is 1650. The molecule has 0 saturated heterocycles. The predicted octanol–water partition coefficient (Wildman–Crippen LogP) is 6.62. The zero-order valence-corrected chi connectivity index (χ0v) is 21.0. The van der Waals surface area contributed by atoms with E-state index in [1.54, 1.807) is 6.07 Å². The number of hydrogen-bond acceptors (Lipinski definition) is 7. The van der Waals surface area contributed by atoms with Crippen molar-refractivity contribution in [1.82, 2.24) is 10.4 Å². The van der Waals surface area contributed by atoms with E-state index in [2.05, 4.69) is 32.5 Å². The quantitative estimate of drug-likeness (QED) is 0.146. The van der Waals surface area contributed by atoms with Gasteiger partial charge in [-0.25, -0.2) is 14.2 Å². The Balaban J connectivity index is 1.26. The molecule has 9 nitrogen and oxygen atoms in total. The lowest BCUT2D eigenvalue weighted by Crippen LogP contribution is -2.33. The topological polar surface area (TPSA) is 128 Å². The Labute approximate surface area is 227 Å². The first-order valence-corrected chi connectivity index (χ1v) is 12.5. The van der Waals surface area contributed by atoms with Crippen LogP contribution in [0.2, 0.25) is 0 Å². The zero-order chi connectivity index (χ0) is 28.4. The molecule has 0 unspecified atom stereocenters. The Morgan fingerprint density at radius 2 is 1.80 bits per heavy atom. The van der Waals surface area contributed by atoms with Crippen LogP contribution < -0.4 is 26.2 Å². The van der Waals surface area contributed by atoms with Gasteiger partial charge in [0.2, 0.25) is 5.91 Å². The van der Waals surface area contributed by atoms with Crippen LogP contribution in [0.25, 0.3) is 10.2 Å². The van der Waals surface area contributed by atoms with Gasteiger partial charge in [0.1, 0.15) is 28.9 Å². The first-order valence-electron chi connectivity index (χ1n) is 11.7. The van der Waals surface area contributed by atoms with Gasteiger partial charge in [0.15, 0.2) is 5.13 Å². The molecule has 0 atom stereocenters. The highest BCUT2D eigenvalue weighted by atomic mass is 32.1. The van der Waals surface area contributed by atoms with E-state index in [9.17, 15) is 32.4 Å². The van der Waals surface area contributed by atoms with Gasteiger partial charge in [-0.15, -0.1) is 0 Å². The number of carbonyl (C=O) groups is 2. The normalized spacial score (nSPS) is 12.9. The summed E-state index contributed by atoms with van der Waals surface area (Å²) in [5.41, 5.74) is 4.34. The molecule has 1 heterocycles. The van der Waals surface area contributed by atoms with Crippen LogP contribution in [0.15, 0.2) is 54.6 Å². The van der Waals surface area contributed by atoms with E-state index in [4.69, 9.17) is 4.74 Å². The van der Waals surface area contributed by atoms with Crippen LogP contribution in [0, 0.1) is 23.1 Å². The number of halogens is 4. The molecule has 3 aromatic carbocycles. The molecule has 4 N–H and O–H groups in total. The molecule has 40 heavy (non-hydrogen) atoms. The highest BCUT2D eigenvalue weighted by Gasteiger charge is 2.31. The first-order chi connectivity index (χ1) is 19.1. The molecule has 204 valence electrons. The molecule has 0 aliphatic heterocycles. The summed E-state index contributed by atoms with van der Waals surface area (Å²) in [6.07, 6.45) is -2.82. The fraction of sp³-hybridized carbons (Fsp3) is 0.154. The minimum atomic E-state index is -4.50. The van der Waals surface area contributed by atoms with Gasteiger partial charge in [-0.05, 0) is 61.4 Å². The van der Waals surface area contributed by atoms with Crippen LogP contribution in [0.3, 0.4) is 0 Å². The van der Waals surface area contributed by atoms with Crippen LogP contribution >= 0.6 is 11.3 Å². The summed E-state index contributed by atoms with van der Waals surface area (Å²) >= 11 is 1.13. The summed E-state index contributed by atoms with van der Waals surface area (Å²) < 4.78 is 58.8. The van der Waals surface area contributed by atoms with Gasteiger partial charge in [0, 0.05) is 12.0 Å². The van der Waals surface area contributed by atoms with Gasteiger partial charge in [-0.3, -0.25) is 15.6 Å². The van der Waals surface area contributed by atoms with Gasteiger partial charge < -0.3 is 15.4 Å². The molecular formula is C26H18F4N6O3S. The summed E-state index contributed by atoms with van der Waals surface area (Å²) in [5, 5.41) is 15.2. The summed E-state index contributed by atoms with van der Waals surface area (Å²) in [6.45, 7) is 0. The smallest absolute Gasteiger partial charge is 0.416 e. The fourth-order valence-corrected chi connectivity index (χ4v) is 4.54. The lowest BCUT2D eigenvalue weighted by atomic mass is 10.2. The van der Waals surface area contributed by atoms with Crippen molar-refractivity contribution in [2.24, 2.45) is 5.92 Å². The third-order valence-electron chi connectivity index (χ3n) is 5.76. The van der Waals surface area contributed by atoms with Gasteiger partial charge in [0.25, 0.3) is 0 Å². The van der Waals surface area contributed by atoms with E-state index >= 15 is 0 Å². The molecule has 0 radical (unpaired) electrons. The van der Waals surface area contributed by atoms with Crippen molar-refractivity contribution in [3.05, 3.63) is 71.5 Å². The number of nitrogens with zero attached hydrogens (tertiary/aromatic N) is 2. The number of alkyl halides is 3. The standard InChI is InChI=1S/C26H18F4N6O3S/c27-18-8-7-16(11-20(18)32-24(38)36-35-15-5-3-14(4-6-15)26(28,29)30)39-21-10-9-19-22(17(21)12-31)40-25(33-19)34-23(37)13-1-2-13/h3-11,13,35H,1-2H2,(H2,32,36,38)(H,33,34,37). The second kappa shape index (κ2) is 10.7. The predicted molar refractivity (Wildman–Crippen MR) is 139 cm³/mol. The number of urea groups is 1. The molecule has 3 amide bonds. The van der Waals surface area contributed by atoms with E-state index < -0.39 is 23.6 Å². The Morgan fingerprint density at radius 3 is 2.48 bits per heavy atom. The minimum Gasteiger partial charge on any atom is -0.456 e. The van der Waals surface area contributed by atoms with Gasteiger partial charge >= 0.3 is 12.2 Å². The second-order valence-corrected chi connectivity index (χ2v) is 9.70. The second-order valence-electron chi connectivity index (χ2n) is 8.70. The number of aromatic nitrogens is 1. The van der Waals surface area contributed by atoms with Crippen molar-refractivity contribution >= 4 is 50.0 Å². The van der Waals surface area contributed by atoms with Crippen molar-refractivity contribution in [3.8, 4) is 17.6 Å². The van der Waals surface area contributed by atoms with Crippen LogP contribution in [-0.4, -0.2) is 16.9 Å². The molecule has 14 heteroatoms. The summed E-state index contributed by atoms with van der Waals surface area (Å²) in [4.78, 5) is 28.7. The van der Waals surface area contributed by atoms with Crippen LogP contribution in [0.5, 0.6) is 11.5 Å². The highest BCUT2D eigenvalue weighted by Crippen LogP contribution is 2.38. The molecule has 0 bridgehead atoms. The van der Waals surface area contributed by atoms with Crippen LogP contribution in [0.4, 0.5) is 38.9 Å². The number of thiazole rings is 1. The largest absolute Gasteiger partial charge is 0.456 e. The lowest BCUT2D eigenvalue weighted by Gasteiger charge is -2.13. The Kier molecular flexibility index (Phi) is 7.14. The average molecular weight is 571 g/mol. The van der Waals surface area contributed by atoms with Gasteiger partial charge in [0.05, 0.1) is 27.2 Å². The third kappa shape index (κ3) is 6.05. The molecule has 0 spiro atoms. The number of amides is 3. The maximum atomic E-state index is 14.4. The maximum Gasteiger partial charge on any atom is 0.416 e. The SMILES string of the molecule is N#Cc1c(Oc2ccc(F)c(NC(=O)NNc3ccc(C(F)(F)F)cc3)c2)ccc2nc(NC(=O)C3CC3)sc12. The Hall–Kier alpha value is -4.90. The maximum absolute atomic E-state index is 14.4. The Morgan fingerprint density at radius 1 is 1.05 bits per heavy atom. The molecule has 1 aromatic heterocycles. The number of carbonyl (C=O) groups excluding carboxylic acids is 2. The number of rotatable bonds is 7. The fourth-order valence-electron chi connectivity index (χ4n) is 3.59. The molecule has 5 rings (SSSR count). The molecule has 1 saturated carbocycles. The van der Waals surface area contributed by atoms with Gasteiger partial charge in [-0.2, -0.15) is 18.4 Å². The summed E-state index contributed by atoms with van der Waals surface area (Å²) in [7, 11) is 0. The molecular weight excluding hydrogens is 552 g/mol. The summed E-state index contributed by atoms with van der Waals surface area (Å²) in [6, 6.07) is 11.8. The van der Waals surface area contributed by atoms with E-state index in [1.807, 2.05) is 0 Å². The lowest BCUT2D eigenvalue weighted by molar-refractivity contribution is -0.137. The van der Waals surface area contributed by atoms with Crippen molar-refractivity contribution in [2.75, 3.05) is 16.1 Å². The zero-order valence-electron chi connectivity index (χ0n) is 20.2. The first kappa shape index (κ1) is 26.7. The van der Waals surface area contributed by atoms with Gasteiger partial charge in [-0.1, -0.05) is 11.3 Å². The summed E-state index contributed by atoms with van der Waals surface area (Å²) in [5.74, 6) is -0.643. The van der Waals surface area contributed by atoms with Crippen molar-refractivity contribution < 1.29 is 31.9 Å². The molecule has 1 aliphatic rings. The van der Waals surface area contributed by atoms with E-state index in [0.29, 0.717) is 15.3 Å². The number of fused-ring (bicyclic) bond motifs is 1. The van der Waals surface area contributed by atoms with Crippen LogP contribution in [-0.2, 0) is 11.0 Å². The molecule has 1 fully saturated rings. The minimum absolute atomic E-state index is 0.00898. The van der Waals surface area contributed by atoms with E-state index in [0.717, 1.165) is 54.5 Å². The number of nitrogens with one attached hydrogen (secondary N) is 4. The monoisotopic (exact) mass is 570 g/mol. The molecule has 1 aliphatic carbocycles. The average Bonchev–Trinajstić information content (AvgIpc) is 3.69. The number of anilines is 3. The number of hydrazine groups is 1. The number of ether oxygens (including phenoxy) is 1. The van der Waals surface area contributed by atoms with Crippen molar-refractivity contribution in [1.29, 1.82) is 5.26 Å². The number of nitriles is 1. The number of hydrogen-bond donors (Lipinski definition) is 4. The van der Waals surface area contributed by atoms with Crippen LogP contribution in [0.1, 0.15) is 24.0 Å².